The van der Waals surface area contributed by atoms with E-state index in [1.165, 1.54) is 6.07 Å². The van der Waals surface area contributed by atoms with Gasteiger partial charge in [0.05, 0.1) is 12.2 Å². The smallest absolute Gasteiger partial charge is 0.191 e. The first-order chi connectivity index (χ1) is 12.6. The molecule has 0 amide bonds. The van der Waals surface area contributed by atoms with Gasteiger partial charge in [-0.2, -0.15) is 0 Å². The van der Waals surface area contributed by atoms with Crippen molar-refractivity contribution in [2.24, 2.45) is 4.99 Å². The molecule has 0 aliphatic heterocycles. The minimum atomic E-state index is -0.286. The van der Waals surface area contributed by atoms with Gasteiger partial charge in [0.1, 0.15) is 11.6 Å². The van der Waals surface area contributed by atoms with Gasteiger partial charge in [0.2, 0.25) is 0 Å². The molecule has 0 aliphatic rings. The van der Waals surface area contributed by atoms with Crippen LogP contribution in [0.25, 0.3) is 0 Å². The van der Waals surface area contributed by atoms with Crippen molar-refractivity contribution < 1.29 is 8.91 Å². The number of nitrogens with zero attached hydrogens (tertiary/aromatic N) is 2. The van der Waals surface area contributed by atoms with Crippen molar-refractivity contribution >= 4 is 17.6 Å². The molecular weight excluding hydrogens is 355 g/mol. The molecular formula is C19H26ClFN4O. The van der Waals surface area contributed by atoms with Crippen LogP contribution in [0.4, 0.5) is 4.39 Å². The van der Waals surface area contributed by atoms with E-state index in [1.54, 1.807) is 12.1 Å². The minimum Gasteiger partial charge on any atom is -0.361 e. The molecule has 0 saturated carbocycles. The van der Waals surface area contributed by atoms with E-state index in [0.717, 1.165) is 36.4 Å². The molecule has 0 bridgehead atoms. The SMILES string of the molecule is CCNC(=NCc1c(CC)noc1CC)NCCc1c(F)cccc1Cl. The maximum atomic E-state index is 13.8. The molecule has 0 aliphatic carbocycles. The van der Waals surface area contributed by atoms with Crippen molar-refractivity contribution in [3.63, 3.8) is 0 Å². The first-order valence-electron chi connectivity index (χ1n) is 9.01. The Labute approximate surface area is 159 Å². The van der Waals surface area contributed by atoms with Gasteiger partial charge in [-0.25, -0.2) is 9.38 Å². The largest absolute Gasteiger partial charge is 0.361 e. The number of hydrogen-bond donors (Lipinski definition) is 2. The highest BCUT2D eigenvalue weighted by Crippen LogP contribution is 2.19. The second-order valence-corrected chi connectivity index (χ2v) is 6.22. The molecule has 0 atom stereocenters. The molecule has 2 aromatic rings. The normalized spacial score (nSPS) is 11.7. The van der Waals surface area contributed by atoms with Gasteiger partial charge in [-0.15, -0.1) is 0 Å². The Morgan fingerprint density at radius 3 is 2.65 bits per heavy atom. The zero-order chi connectivity index (χ0) is 18.9. The van der Waals surface area contributed by atoms with E-state index in [1.807, 2.05) is 20.8 Å². The summed E-state index contributed by atoms with van der Waals surface area (Å²) in [6.07, 6.45) is 2.07. The molecule has 0 radical (unpaired) electrons. The van der Waals surface area contributed by atoms with Gasteiger partial charge in [-0.3, -0.25) is 0 Å². The summed E-state index contributed by atoms with van der Waals surface area (Å²) in [5.41, 5.74) is 2.50. The molecule has 0 saturated heterocycles. The Morgan fingerprint density at radius 1 is 1.19 bits per heavy atom. The zero-order valence-corrected chi connectivity index (χ0v) is 16.3. The van der Waals surface area contributed by atoms with Gasteiger partial charge >= 0.3 is 0 Å². The van der Waals surface area contributed by atoms with Crippen LogP contribution in [0, 0.1) is 5.82 Å². The lowest BCUT2D eigenvalue weighted by Crippen LogP contribution is -2.38. The molecule has 0 unspecified atom stereocenters. The molecule has 5 nitrogen and oxygen atoms in total. The van der Waals surface area contributed by atoms with Crippen molar-refractivity contribution in [2.45, 2.75) is 46.6 Å². The van der Waals surface area contributed by atoms with Gasteiger partial charge in [0, 0.05) is 35.7 Å². The summed E-state index contributed by atoms with van der Waals surface area (Å²) in [5.74, 6) is 1.26. The van der Waals surface area contributed by atoms with Crippen LogP contribution >= 0.6 is 11.6 Å². The molecule has 142 valence electrons. The lowest BCUT2D eigenvalue weighted by atomic mass is 10.1. The van der Waals surface area contributed by atoms with Crippen molar-refractivity contribution in [1.82, 2.24) is 15.8 Å². The van der Waals surface area contributed by atoms with Crippen molar-refractivity contribution in [3.05, 3.63) is 51.6 Å². The van der Waals surface area contributed by atoms with E-state index < -0.39 is 0 Å². The fraction of sp³-hybridized carbons (Fsp3) is 0.474. The molecule has 1 heterocycles. The van der Waals surface area contributed by atoms with Gasteiger partial charge in [0.25, 0.3) is 0 Å². The lowest BCUT2D eigenvalue weighted by Gasteiger charge is -2.12. The molecule has 0 spiro atoms. The Morgan fingerprint density at radius 2 is 2.00 bits per heavy atom. The fourth-order valence-electron chi connectivity index (χ4n) is 2.69. The van der Waals surface area contributed by atoms with E-state index in [2.05, 4.69) is 20.8 Å². The molecule has 7 heteroatoms. The van der Waals surface area contributed by atoms with Crippen LogP contribution in [-0.2, 0) is 25.8 Å². The molecule has 1 aromatic heterocycles. The number of halogens is 2. The Kier molecular flexibility index (Phi) is 7.91. The number of hydrogen-bond acceptors (Lipinski definition) is 3. The molecule has 1 aromatic carbocycles. The van der Waals surface area contributed by atoms with Gasteiger partial charge in [0.15, 0.2) is 5.96 Å². The van der Waals surface area contributed by atoms with Crippen LogP contribution < -0.4 is 10.6 Å². The average molecular weight is 381 g/mol. The van der Waals surface area contributed by atoms with Gasteiger partial charge in [-0.1, -0.05) is 36.7 Å². The van der Waals surface area contributed by atoms with E-state index in [0.29, 0.717) is 36.1 Å². The van der Waals surface area contributed by atoms with Crippen LogP contribution in [-0.4, -0.2) is 24.2 Å². The molecule has 0 fully saturated rings. The van der Waals surface area contributed by atoms with Gasteiger partial charge < -0.3 is 15.2 Å². The Hall–Kier alpha value is -2.08. The van der Waals surface area contributed by atoms with E-state index >= 15 is 0 Å². The summed E-state index contributed by atoms with van der Waals surface area (Å²) in [6, 6.07) is 4.73. The number of guanidine groups is 1. The lowest BCUT2D eigenvalue weighted by molar-refractivity contribution is 0.380. The number of aryl methyl sites for hydroxylation is 2. The predicted octanol–water partition coefficient (Wildman–Crippen LogP) is 3.89. The van der Waals surface area contributed by atoms with Crippen LogP contribution in [0.5, 0.6) is 0 Å². The number of aromatic nitrogens is 1. The van der Waals surface area contributed by atoms with Crippen molar-refractivity contribution in [2.75, 3.05) is 13.1 Å². The maximum Gasteiger partial charge on any atom is 0.191 e. The molecule has 2 N–H and O–H groups in total. The summed E-state index contributed by atoms with van der Waals surface area (Å²) < 4.78 is 19.2. The highest BCUT2D eigenvalue weighted by molar-refractivity contribution is 6.31. The second kappa shape index (κ2) is 10.2. The quantitative estimate of drug-likeness (QED) is 0.538. The number of aliphatic imine (C=N–C) groups is 1. The average Bonchev–Trinajstić information content (AvgIpc) is 3.04. The van der Waals surface area contributed by atoms with Crippen LogP contribution in [0.15, 0.2) is 27.7 Å². The standard InChI is InChI=1S/C19H26ClFN4O/c1-4-17-14(18(5-2)26-25-17)12-24-19(22-6-3)23-11-10-13-15(20)8-7-9-16(13)21/h7-9H,4-6,10-12H2,1-3H3,(H2,22,23,24). The Balaban J connectivity index is 2.02. The third-order valence-electron chi connectivity index (χ3n) is 4.08. The summed E-state index contributed by atoms with van der Waals surface area (Å²) in [5, 5.41) is 11.0. The third-order valence-corrected chi connectivity index (χ3v) is 4.43. The van der Waals surface area contributed by atoms with Gasteiger partial charge in [-0.05, 0) is 31.9 Å². The van der Waals surface area contributed by atoms with E-state index in [-0.39, 0.29) is 5.82 Å². The second-order valence-electron chi connectivity index (χ2n) is 5.81. The summed E-state index contributed by atoms with van der Waals surface area (Å²) in [4.78, 5) is 4.62. The molecule has 2 rings (SSSR count). The first-order valence-corrected chi connectivity index (χ1v) is 9.39. The molecule has 26 heavy (non-hydrogen) atoms. The van der Waals surface area contributed by atoms with E-state index in [9.17, 15) is 4.39 Å². The highest BCUT2D eigenvalue weighted by atomic mass is 35.5. The third kappa shape index (κ3) is 5.21. The maximum absolute atomic E-state index is 13.8. The topological polar surface area (TPSA) is 62.5 Å². The van der Waals surface area contributed by atoms with Crippen LogP contribution in [0.2, 0.25) is 5.02 Å². The summed E-state index contributed by atoms with van der Waals surface area (Å²) in [6.45, 7) is 7.83. The predicted molar refractivity (Wildman–Crippen MR) is 103 cm³/mol. The fourth-order valence-corrected chi connectivity index (χ4v) is 2.95. The van der Waals surface area contributed by atoms with Crippen LogP contribution in [0.3, 0.4) is 0 Å². The minimum absolute atomic E-state index is 0.286. The zero-order valence-electron chi connectivity index (χ0n) is 15.5. The summed E-state index contributed by atoms with van der Waals surface area (Å²) in [7, 11) is 0. The summed E-state index contributed by atoms with van der Waals surface area (Å²) >= 11 is 6.07. The Bertz CT molecular complexity index is 703. The highest BCUT2D eigenvalue weighted by Gasteiger charge is 2.13. The first kappa shape index (κ1) is 20.2. The number of rotatable bonds is 8. The van der Waals surface area contributed by atoms with Crippen molar-refractivity contribution in [1.29, 1.82) is 0 Å². The van der Waals surface area contributed by atoms with Crippen molar-refractivity contribution in [3.8, 4) is 0 Å². The number of benzene rings is 1. The number of nitrogens with one attached hydrogen (secondary N) is 2. The van der Waals surface area contributed by atoms with Crippen LogP contribution in [0.1, 0.15) is 43.4 Å². The van der Waals surface area contributed by atoms with E-state index in [4.69, 9.17) is 16.1 Å². The monoisotopic (exact) mass is 380 g/mol.